The molecule has 3 aliphatic rings. The van der Waals surface area contributed by atoms with Crippen LogP contribution in [0.1, 0.15) is 30.9 Å². The summed E-state index contributed by atoms with van der Waals surface area (Å²) in [6, 6.07) is 13.1. The van der Waals surface area contributed by atoms with Gasteiger partial charge in [-0.3, -0.25) is 24.2 Å². The molecule has 3 saturated heterocycles. The first-order valence-electron chi connectivity index (χ1n) is 11.9. The maximum absolute atomic E-state index is 13.4. The van der Waals surface area contributed by atoms with Gasteiger partial charge in [-0.1, -0.05) is 24.3 Å². The van der Waals surface area contributed by atoms with Gasteiger partial charge < -0.3 is 14.2 Å². The zero-order chi connectivity index (χ0) is 24.9. The van der Waals surface area contributed by atoms with Crippen LogP contribution in [0.15, 0.2) is 42.5 Å². The van der Waals surface area contributed by atoms with E-state index in [1.807, 2.05) is 42.5 Å². The minimum absolute atomic E-state index is 0.249. The van der Waals surface area contributed by atoms with E-state index < -0.39 is 29.4 Å². The van der Waals surface area contributed by atoms with E-state index in [1.54, 1.807) is 14.2 Å². The molecule has 4 atom stereocenters. The van der Waals surface area contributed by atoms with Crippen molar-refractivity contribution in [1.82, 2.24) is 9.80 Å². The zero-order valence-corrected chi connectivity index (χ0v) is 20.4. The first-order chi connectivity index (χ1) is 16.9. The Labute approximate surface area is 204 Å². The Hall–Kier alpha value is -3.39. The lowest BCUT2D eigenvalue weighted by Crippen LogP contribution is -2.59. The molecule has 0 radical (unpaired) electrons. The molecule has 0 N–H and O–H groups in total. The van der Waals surface area contributed by atoms with Crippen LogP contribution in [0, 0.1) is 11.8 Å². The topological polar surface area (TPSA) is 85.4 Å². The van der Waals surface area contributed by atoms with Crippen molar-refractivity contribution in [3.8, 4) is 22.6 Å². The van der Waals surface area contributed by atoms with Gasteiger partial charge in [-0.25, -0.2) is 0 Å². The Morgan fingerprint density at radius 2 is 1.71 bits per heavy atom. The third kappa shape index (κ3) is 3.26. The molecule has 3 heterocycles. The molecule has 2 aromatic carbocycles. The molecule has 8 nitrogen and oxygen atoms in total. The van der Waals surface area contributed by atoms with E-state index in [1.165, 1.54) is 19.1 Å². The van der Waals surface area contributed by atoms with Gasteiger partial charge in [0.05, 0.1) is 33.2 Å². The lowest BCUT2D eigenvalue weighted by molar-refractivity contribution is -0.163. The molecule has 2 amide bonds. The van der Waals surface area contributed by atoms with Gasteiger partial charge in [-0.2, -0.15) is 0 Å². The maximum atomic E-state index is 13.4. The van der Waals surface area contributed by atoms with E-state index in [0.717, 1.165) is 35.3 Å². The quantitative estimate of drug-likeness (QED) is 0.482. The van der Waals surface area contributed by atoms with E-state index in [2.05, 4.69) is 4.90 Å². The Kier molecular flexibility index (Phi) is 5.79. The van der Waals surface area contributed by atoms with Crippen LogP contribution in [-0.2, 0) is 19.1 Å². The highest BCUT2D eigenvalue weighted by Crippen LogP contribution is 2.58. The van der Waals surface area contributed by atoms with E-state index in [0.29, 0.717) is 18.7 Å². The zero-order valence-electron chi connectivity index (χ0n) is 20.4. The van der Waals surface area contributed by atoms with Crippen molar-refractivity contribution in [2.75, 3.05) is 34.9 Å². The smallest absolute Gasteiger partial charge is 0.327 e. The third-order valence-electron chi connectivity index (χ3n) is 7.99. The molecular formula is C27H30N2O6. The summed E-state index contributed by atoms with van der Waals surface area (Å²) in [5.74, 6) is -0.984. The molecule has 0 bridgehead atoms. The first kappa shape index (κ1) is 23.4. The fraction of sp³-hybridized carbons (Fsp3) is 0.444. The molecule has 2 aromatic rings. The van der Waals surface area contributed by atoms with E-state index in [4.69, 9.17) is 14.2 Å². The minimum atomic E-state index is -1.14. The summed E-state index contributed by atoms with van der Waals surface area (Å²) < 4.78 is 16.3. The van der Waals surface area contributed by atoms with Gasteiger partial charge in [0.15, 0.2) is 0 Å². The van der Waals surface area contributed by atoms with Crippen LogP contribution in [0.3, 0.4) is 0 Å². The fourth-order valence-electron chi connectivity index (χ4n) is 6.40. The summed E-state index contributed by atoms with van der Waals surface area (Å²) >= 11 is 0. The molecule has 184 valence electrons. The van der Waals surface area contributed by atoms with Gasteiger partial charge in [0, 0.05) is 18.7 Å². The lowest BCUT2D eigenvalue weighted by Gasteiger charge is -2.44. The highest BCUT2D eigenvalue weighted by atomic mass is 16.5. The number of ether oxygens (including phenoxy) is 3. The second-order valence-electron chi connectivity index (χ2n) is 9.44. The average Bonchev–Trinajstić information content (AvgIpc) is 3.34. The summed E-state index contributed by atoms with van der Waals surface area (Å²) in [7, 11) is 6.09. The fourth-order valence-corrected chi connectivity index (χ4v) is 6.40. The molecule has 0 unspecified atom stereocenters. The van der Waals surface area contributed by atoms with Gasteiger partial charge in [0.2, 0.25) is 11.8 Å². The SMILES string of the molecule is COC(=O)[C@@]12CCCCN1[C@H](c1ccc(-c3ccc(OC)cc3)c(OC)c1)[C@@H]1C(=O)N(C)C(=O)[C@@H]12. The number of likely N-dealkylation sites (tertiary alicyclic amines) is 1. The molecule has 0 aliphatic carbocycles. The molecule has 0 spiro atoms. The Balaban J connectivity index is 1.63. The van der Waals surface area contributed by atoms with Crippen molar-refractivity contribution in [3.63, 3.8) is 0 Å². The number of carbonyl (C=O) groups excluding carboxylic acids is 3. The van der Waals surface area contributed by atoms with Crippen LogP contribution < -0.4 is 9.47 Å². The van der Waals surface area contributed by atoms with E-state index in [9.17, 15) is 14.4 Å². The van der Waals surface area contributed by atoms with Crippen LogP contribution >= 0.6 is 0 Å². The number of imide groups is 1. The number of hydrogen-bond acceptors (Lipinski definition) is 7. The largest absolute Gasteiger partial charge is 0.497 e. The molecular weight excluding hydrogens is 448 g/mol. The third-order valence-corrected chi connectivity index (χ3v) is 7.99. The summed E-state index contributed by atoms with van der Waals surface area (Å²) in [6.07, 6.45) is 2.17. The Morgan fingerprint density at radius 3 is 2.37 bits per heavy atom. The van der Waals surface area contributed by atoms with Crippen LogP contribution in [0.4, 0.5) is 0 Å². The van der Waals surface area contributed by atoms with Gasteiger partial charge >= 0.3 is 5.97 Å². The van der Waals surface area contributed by atoms with Gasteiger partial charge in [-0.05, 0) is 55.1 Å². The summed E-state index contributed by atoms with van der Waals surface area (Å²) in [5.41, 5.74) is 1.57. The van der Waals surface area contributed by atoms with Crippen molar-refractivity contribution in [2.24, 2.45) is 11.8 Å². The summed E-state index contributed by atoms with van der Waals surface area (Å²) in [4.78, 5) is 43.2. The van der Waals surface area contributed by atoms with Crippen molar-refractivity contribution >= 4 is 17.8 Å². The maximum Gasteiger partial charge on any atom is 0.327 e. The van der Waals surface area contributed by atoms with Gasteiger partial charge in [0.25, 0.3) is 0 Å². The predicted molar refractivity (Wildman–Crippen MR) is 128 cm³/mol. The normalized spacial score (nSPS) is 28.0. The minimum Gasteiger partial charge on any atom is -0.497 e. The van der Waals surface area contributed by atoms with Crippen LogP contribution in [0.2, 0.25) is 0 Å². The molecule has 3 aliphatic heterocycles. The molecule has 3 fully saturated rings. The average molecular weight is 479 g/mol. The lowest BCUT2D eigenvalue weighted by atomic mass is 9.75. The van der Waals surface area contributed by atoms with Gasteiger partial charge in [0.1, 0.15) is 17.0 Å². The number of carbonyl (C=O) groups is 3. The van der Waals surface area contributed by atoms with Crippen LogP contribution in [-0.4, -0.2) is 68.0 Å². The molecule has 0 aromatic heterocycles. The summed E-state index contributed by atoms with van der Waals surface area (Å²) in [5, 5.41) is 0. The highest BCUT2D eigenvalue weighted by Gasteiger charge is 2.72. The van der Waals surface area contributed by atoms with Crippen LogP contribution in [0.5, 0.6) is 11.5 Å². The Morgan fingerprint density at radius 1 is 0.971 bits per heavy atom. The number of nitrogens with zero attached hydrogens (tertiary/aromatic N) is 2. The summed E-state index contributed by atoms with van der Waals surface area (Å²) in [6.45, 7) is 0.611. The van der Waals surface area contributed by atoms with E-state index >= 15 is 0 Å². The number of fused-ring (bicyclic) bond motifs is 3. The van der Waals surface area contributed by atoms with Gasteiger partial charge in [-0.15, -0.1) is 0 Å². The molecule has 5 rings (SSSR count). The number of amides is 2. The van der Waals surface area contributed by atoms with E-state index in [-0.39, 0.29) is 11.8 Å². The standard InChI is InChI=1S/C27H30N2O6/c1-28-24(30)21-22(25(28)31)27(26(32)35-4)13-5-6-14-29(27)23(21)17-9-12-19(20(15-17)34-3)16-7-10-18(33-2)11-8-16/h7-12,15,21-23H,5-6,13-14H2,1-4H3/t21-,22-,23-,27+/m1/s1. The molecule has 0 saturated carbocycles. The number of benzene rings is 2. The molecule has 8 heteroatoms. The first-order valence-corrected chi connectivity index (χ1v) is 11.9. The number of methoxy groups -OCH3 is 3. The Bertz CT molecular complexity index is 1180. The number of rotatable bonds is 5. The van der Waals surface area contributed by atoms with Crippen molar-refractivity contribution in [2.45, 2.75) is 30.8 Å². The number of hydrogen-bond donors (Lipinski definition) is 0. The van der Waals surface area contributed by atoms with Crippen molar-refractivity contribution in [1.29, 1.82) is 0 Å². The second-order valence-corrected chi connectivity index (χ2v) is 9.44. The predicted octanol–water partition coefficient (Wildman–Crippen LogP) is 3.05. The monoisotopic (exact) mass is 478 g/mol. The second kappa shape index (κ2) is 8.68. The van der Waals surface area contributed by atoms with Crippen LogP contribution in [0.25, 0.3) is 11.1 Å². The number of esters is 1. The molecule has 35 heavy (non-hydrogen) atoms. The highest BCUT2D eigenvalue weighted by molar-refractivity contribution is 6.09. The number of piperidine rings is 1. The van der Waals surface area contributed by atoms with Crippen molar-refractivity contribution in [3.05, 3.63) is 48.0 Å². The van der Waals surface area contributed by atoms with Crippen molar-refractivity contribution < 1.29 is 28.6 Å².